The Hall–Kier alpha value is -5.23. The number of rotatable bonds is 9. The minimum absolute atomic E-state index is 0.0216. The number of carbonyl (C=O) groups is 1. The van der Waals surface area contributed by atoms with Gasteiger partial charge in [-0.25, -0.2) is 14.4 Å². The van der Waals surface area contributed by atoms with Gasteiger partial charge in [-0.05, 0) is 68.9 Å². The Morgan fingerprint density at radius 3 is 2.63 bits per heavy atom. The molecule has 5 heterocycles. The molecule has 0 unspecified atom stereocenters. The second-order valence-electron chi connectivity index (χ2n) is 11.0. The van der Waals surface area contributed by atoms with Crippen molar-refractivity contribution in [3.63, 3.8) is 0 Å². The highest BCUT2D eigenvalue weighted by Crippen LogP contribution is 2.33. The van der Waals surface area contributed by atoms with Gasteiger partial charge in [0.15, 0.2) is 11.5 Å². The van der Waals surface area contributed by atoms with Crippen molar-refractivity contribution in [3.8, 4) is 33.9 Å². The zero-order valence-corrected chi connectivity index (χ0v) is 23.6. The zero-order chi connectivity index (χ0) is 29.5. The second-order valence-corrected chi connectivity index (χ2v) is 11.0. The first-order chi connectivity index (χ1) is 20.9. The smallest absolute Gasteiger partial charge is 0.227 e. The molecule has 0 bridgehead atoms. The van der Waals surface area contributed by atoms with Crippen LogP contribution in [0.2, 0.25) is 0 Å². The lowest BCUT2D eigenvalue weighted by Gasteiger charge is -2.12. The highest BCUT2D eigenvalue weighted by atomic mass is 19.1. The SMILES string of the molecule is CN(C)CCNc1cc(F)cc(-c2cncc3[nH]c(-c4n[nH]c5ccc(-c6cncc(NC(=O)C7CC7)c6)nc45)nc23)c1. The number of fused-ring (bicyclic) bond motifs is 2. The third-order valence-electron chi connectivity index (χ3n) is 7.37. The molecule has 216 valence electrons. The summed E-state index contributed by atoms with van der Waals surface area (Å²) in [5.74, 6) is 0.273. The Morgan fingerprint density at radius 2 is 1.79 bits per heavy atom. The first-order valence-corrected chi connectivity index (χ1v) is 14.1. The predicted octanol–water partition coefficient (Wildman–Crippen LogP) is 5.09. The van der Waals surface area contributed by atoms with E-state index in [1.807, 2.05) is 38.4 Å². The summed E-state index contributed by atoms with van der Waals surface area (Å²) in [5.41, 5.74) is 7.35. The first kappa shape index (κ1) is 26.7. The number of anilines is 2. The molecule has 1 fully saturated rings. The quantitative estimate of drug-likeness (QED) is 0.187. The fourth-order valence-corrected chi connectivity index (χ4v) is 4.99. The van der Waals surface area contributed by atoms with Crippen LogP contribution in [-0.4, -0.2) is 73.1 Å². The third-order valence-corrected chi connectivity index (χ3v) is 7.37. The van der Waals surface area contributed by atoms with Gasteiger partial charge in [0.2, 0.25) is 5.91 Å². The van der Waals surface area contributed by atoms with E-state index < -0.39 is 0 Å². The molecule has 0 spiro atoms. The van der Waals surface area contributed by atoms with E-state index in [0.29, 0.717) is 62.8 Å². The molecule has 11 nitrogen and oxygen atoms in total. The number of imidazole rings is 1. The summed E-state index contributed by atoms with van der Waals surface area (Å²) < 4.78 is 14.7. The Kier molecular flexibility index (Phi) is 6.74. The summed E-state index contributed by atoms with van der Waals surface area (Å²) in [6, 6.07) is 10.5. The summed E-state index contributed by atoms with van der Waals surface area (Å²) in [7, 11) is 3.98. The lowest BCUT2D eigenvalue weighted by atomic mass is 10.1. The van der Waals surface area contributed by atoms with Crippen molar-refractivity contribution in [2.75, 3.05) is 37.8 Å². The molecule has 0 aliphatic heterocycles. The number of amides is 1. The molecule has 1 saturated carbocycles. The van der Waals surface area contributed by atoms with Gasteiger partial charge in [-0.2, -0.15) is 5.10 Å². The van der Waals surface area contributed by atoms with E-state index in [4.69, 9.17) is 9.97 Å². The summed E-state index contributed by atoms with van der Waals surface area (Å²) in [6.07, 6.45) is 8.57. The zero-order valence-electron chi connectivity index (χ0n) is 23.6. The van der Waals surface area contributed by atoms with E-state index >= 15 is 0 Å². The number of aromatic nitrogens is 7. The first-order valence-electron chi connectivity index (χ1n) is 14.1. The summed E-state index contributed by atoms with van der Waals surface area (Å²) in [6.45, 7) is 1.50. The summed E-state index contributed by atoms with van der Waals surface area (Å²) in [4.78, 5) is 36.1. The minimum atomic E-state index is -0.349. The van der Waals surface area contributed by atoms with Crippen LogP contribution in [0.3, 0.4) is 0 Å². The van der Waals surface area contributed by atoms with Crippen LogP contribution in [0.1, 0.15) is 12.8 Å². The van der Waals surface area contributed by atoms with Crippen molar-refractivity contribution >= 4 is 39.3 Å². The summed E-state index contributed by atoms with van der Waals surface area (Å²) in [5, 5.41) is 13.8. The van der Waals surface area contributed by atoms with Crippen LogP contribution >= 0.6 is 0 Å². The molecule has 0 radical (unpaired) electrons. The van der Waals surface area contributed by atoms with Crippen molar-refractivity contribution in [3.05, 3.63) is 67.0 Å². The van der Waals surface area contributed by atoms with Crippen LogP contribution in [0.4, 0.5) is 15.8 Å². The number of halogens is 1. The van der Waals surface area contributed by atoms with Crippen molar-refractivity contribution in [2.45, 2.75) is 12.8 Å². The van der Waals surface area contributed by atoms with Gasteiger partial charge in [0, 0.05) is 48.2 Å². The number of hydrogen-bond acceptors (Lipinski definition) is 8. The molecule has 1 aliphatic rings. The van der Waals surface area contributed by atoms with E-state index in [1.165, 1.54) is 12.1 Å². The maximum Gasteiger partial charge on any atom is 0.227 e. The predicted molar refractivity (Wildman–Crippen MR) is 164 cm³/mol. The van der Waals surface area contributed by atoms with E-state index in [1.54, 1.807) is 24.8 Å². The number of aromatic amines is 2. The molecule has 0 saturated heterocycles. The van der Waals surface area contributed by atoms with Gasteiger partial charge in [0.1, 0.15) is 11.3 Å². The van der Waals surface area contributed by atoms with Gasteiger partial charge in [0.25, 0.3) is 0 Å². The highest BCUT2D eigenvalue weighted by molar-refractivity contribution is 5.97. The van der Waals surface area contributed by atoms with Crippen LogP contribution in [-0.2, 0) is 4.79 Å². The minimum Gasteiger partial charge on any atom is -0.384 e. The molecule has 12 heteroatoms. The van der Waals surface area contributed by atoms with Gasteiger partial charge >= 0.3 is 0 Å². The van der Waals surface area contributed by atoms with Crippen molar-refractivity contribution in [1.82, 2.24) is 40.0 Å². The number of hydrogen-bond donors (Lipinski definition) is 4. The number of benzene rings is 1. The Balaban J connectivity index is 1.23. The number of nitrogens with one attached hydrogen (secondary N) is 4. The number of H-pyrrole nitrogens is 2. The molecule has 6 aromatic rings. The Morgan fingerprint density at radius 1 is 0.953 bits per heavy atom. The number of pyridine rings is 3. The van der Waals surface area contributed by atoms with Gasteiger partial charge in [0.05, 0.1) is 40.3 Å². The Labute approximate surface area is 246 Å². The average Bonchev–Trinajstić information content (AvgIpc) is 3.62. The van der Waals surface area contributed by atoms with Crippen LogP contribution in [0.15, 0.2) is 61.2 Å². The normalized spacial score (nSPS) is 13.2. The molecule has 5 aromatic heterocycles. The molecule has 1 aliphatic carbocycles. The maximum atomic E-state index is 14.7. The van der Waals surface area contributed by atoms with Crippen LogP contribution in [0.25, 0.3) is 56.0 Å². The molecule has 4 N–H and O–H groups in total. The molecular formula is C31H29FN10O. The van der Waals surface area contributed by atoms with Crippen LogP contribution < -0.4 is 10.6 Å². The van der Waals surface area contributed by atoms with E-state index in [-0.39, 0.29) is 17.6 Å². The van der Waals surface area contributed by atoms with E-state index in [9.17, 15) is 9.18 Å². The van der Waals surface area contributed by atoms with Crippen LogP contribution in [0.5, 0.6) is 0 Å². The van der Waals surface area contributed by atoms with Gasteiger partial charge in [-0.3, -0.25) is 19.9 Å². The third kappa shape index (κ3) is 5.52. The topological polar surface area (TPSA) is 140 Å². The lowest BCUT2D eigenvalue weighted by Crippen LogP contribution is -2.20. The van der Waals surface area contributed by atoms with Gasteiger partial charge < -0.3 is 20.5 Å². The molecule has 43 heavy (non-hydrogen) atoms. The average molecular weight is 577 g/mol. The second kappa shape index (κ2) is 10.9. The molecule has 7 rings (SSSR count). The number of carbonyl (C=O) groups excluding carboxylic acids is 1. The fraction of sp³-hybridized carbons (Fsp3) is 0.226. The highest BCUT2D eigenvalue weighted by Gasteiger charge is 2.29. The van der Waals surface area contributed by atoms with E-state index in [0.717, 1.165) is 30.5 Å². The van der Waals surface area contributed by atoms with Crippen LogP contribution in [0, 0.1) is 11.7 Å². The monoisotopic (exact) mass is 576 g/mol. The van der Waals surface area contributed by atoms with Crippen molar-refractivity contribution in [1.29, 1.82) is 0 Å². The lowest BCUT2D eigenvalue weighted by molar-refractivity contribution is -0.117. The molecular weight excluding hydrogens is 547 g/mol. The summed E-state index contributed by atoms with van der Waals surface area (Å²) >= 11 is 0. The van der Waals surface area contributed by atoms with Crippen molar-refractivity contribution in [2.24, 2.45) is 5.92 Å². The molecule has 1 aromatic carbocycles. The van der Waals surface area contributed by atoms with Gasteiger partial charge in [-0.15, -0.1) is 0 Å². The molecule has 0 atom stereocenters. The number of nitrogens with zero attached hydrogens (tertiary/aromatic N) is 6. The number of likely N-dealkylation sites (N-methyl/N-ethyl adjacent to an activating group) is 1. The molecule has 1 amide bonds. The van der Waals surface area contributed by atoms with Gasteiger partial charge in [-0.1, -0.05) is 0 Å². The standard InChI is InChI=1S/C31H29FN10O/c1-42(2)8-7-35-21-10-18(9-20(32)12-21)23-15-34-16-26-27(23)39-30(38-26)29-28-25(40-41-29)6-5-24(37-28)19-11-22(14-33-13-19)36-31(43)17-3-4-17/h5-6,9-17,35H,3-4,7-8H2,1-2H3,(H,36,43)(H,38,39)(H,40,41). The largest absolute Gasteiger partial charge is 0.384 e. The maximum absolute atomic E-state index is 14.7. The Bertz CT molecular complexity index is 1980. The fourth-order valence-electron chi connectivity index (χ4n) is 4.99. The van der Waals surface area contributed by atoms with E-state index in [2.05, 4.69) is 40.7 Å². The van der Waals surface area contributed by atoms with Crippen molar-refractivity contribution < 1.29 is 9.18 Å².